The van der Waals surface area contributed by atoms with E-state index in [1.54, 1.807) is 11.3 Å². The molecule has 1 heterocycles. The largest absolute Gasteiger partial charge is 0.323 e. The average Bonchev–Trinajstić information content (AvgIpc) is 2.52. The predicted molar refractivity (Wildman–Crippen MR) is 58.5 cm³/mol. The van der Waals surface area contributed by atoms with Gasteiger partial charge >= 0.3 is 0 Å². The molecule has 0 aliphatic carbocycles. The molecule has 13 heavy (non-hydrogen) atoms. The third-order valence-electron chi connectivity index (χ3n) is 1.82. The summed E-state index contributed by atoms with van der Waals surface area (Å²) < 4.78 is 11.9. The quantitative estimate of drug-likeness (QED) is 0.834. The van der Waals surface area contributed by atoms with E-state index in [2.05, 4.69) is 13.0 Å². The van der Waals surface area contributed by atoms with Crippen molar-refractivity contribution in [3.63, 3.8) is 0 Å². The summed E-state index contributed by atoms with van der Waals surface area (Å²) in [6, 6.07) is 3.96. The lowest BCUT2D eigenvalue weighted by Crippen LogP contribution is -2.08. The highest BCUT2D eigenvalue weighted by atomic mass is 35.5. The van der Waals surface area contributed by atoms with E-state index in [-0.39, 0.29) is 25.1 Å². The van der Waals surface area contributed by atoms with Gasteiger partial charge in [-0.05, 0) is 25.0 Å². The van der Waals surface area contributed by atoms with Gasteiger partial charge in [0.1, 0.15) is 0 Å². The summed E-state index contributed by atoms with van der Waals surface area (Å²) in [6.45, 7) is 1.77. The fourth-order valence-corrected chi connectivity index (χ4v) is 2.03. The number of alkyl halides is 1. The van der Waals surface area contributed by atoms with Crippen molar-refractivity contribution < 1.29 is 4.39 Å². The molecule has 0 unspecified atom stereocenters. The smallest absolute Gasteiger partial charge is 0.0912 e. The number of rotatable bonds is 4. The van der Waals surface area contributed by atoms with Gasteiger partial charge in [-0.3, -0.25) is 4.39 Å². The van der Waals surface area contributed by atoms with Crippen LogP contribution in [-0.4, -0.2) is 6.67 Å². The van der Waals surface area contributed by atoms with Crippen molar-refractivity contribution >= 4 is 23.7 Å². The molecule has 0 aromatic carbocycles. The minimum atomic E-state index is -0.333. The third-order valence-corrected chi connectivity index (χ3v) is 3.18. The molecule has 1 aromatic heterocycles. The van der Waals surface area contributed by atoms with Gasteiger partial charge in [0.25, 0.3) is 0 Å². The second-order valence-corrected chi connectivity index (χ2v) is 3.94. The van der Waals surface area contributed by atoms with Crippen molar-refractivity contribution in [3.05, 3.63) is 21.9 Å². The van der Waals surface area contributed by atoms with Crippen molar-refractivity contribution in [1.29, 1.82) is 0 Å². The second-order valence-electron chi connectivity index (χ2n) is 2.74. The zero-order valence-corrected chi connectivity index (χ0v) is 9.26. The highest BCUT2D eigenvalue weighted by Gasteiger charge is 2.07. The molecule has 76 valence electrons. The molecular weight excluding hydrogens is 209 g/mol. The molecule has 0 bridgehead atoms. The fourth-order valence-electron chi connectivity index (χ4n) is 1.04. The van der Waals surface area contributed by atoms with Crippen LogP contribution < -0.4 is 5.73 Å². The van der Waals surface area contributed by atoms with Gasteiger partial charge in [-0.25, -0.2) is 0 Å². The van der Waals surface area contributed by atoms with E-state index < -0.39 is 0 Å². The van der Waals surface area contributed by atoms with Crippen molar-refractivity contribution in [2.75, 3.05) is 6.67 Å². The minimum Gasteiger partial charge on any atom is -0.323 e. The molecule has 0 aliphatic heterocycles. The normalized spacial score (nSPS) is 12.2. The summed E-state index contributed by atoms with van der Waals surface area (Å²) in [5, 5.41) is 0. The molecule has 2 N–H and O–H groups in total. The Morgan fingerprint density at radius 2 is 2.23 bits per heavy atom. The number of hydrogen-bond acceptors (Lipinski definition) is 2. The molecule has 1 nitrogen and oxygen atoms in total. The molecule has 0 fully saturated rings. The number of hydrogen-bond donors (Lipinski definition) is 1. The Morgan fingerprint density at radius 1 is 1.54 bits per heavy atom. The number of thiophene rings is 1. The molecule has 0 amide bonds. The Hall–Kier alpha value is -0.120. The topological polar surface area (TPSA) is 26.0 Å². The van der Waals surface area contributed by atoms with Crippen molar-refractivity contribution in [2.45, 2.75) is 25.8 Å². The molecule has 0 aliphatic rings. The zero-order valence-electron chi connectivity index (χ0n) is 7.63. The van der Waals surface area contributed by atoms with E-state index in [1.165, 1.54) is 4.88 Å². The molecule has 1 atom stereocenters. The van der Waals surface area contributed by atoms with Gasteiger partial charge in [0.15, 0.2) is 0 Å². The molecule has 0 saturated carbocycles. The van der Waals surface area contributed by atoms with Crippen LogP contribution in [0.5, 0.6) is 0 Å². The van der Waals surface area contributed by atoms with Gasteiger partial charge in [-0.1, -0.05) is 6.92 Å². The van der Waals surface area contributed by atoms with Crippen LogP contribution in [-0.2, 0) is 6.42 Å². The van der Waals surface area contributed by atoms with Crippen LogP contribution in [0, 0.1) is 0 Å². The molecule has 4 heteroatoms. The molecule has 0 radical (unpaired) electrons. The Balaban J connectivity index is 0.00000144. The number of nitrogens with two attached hydrogens (primary N) is 1. The third kappa shape index (κ3) is 3.63. The van der Waals surface area contributed by atoms with Crippen LogP contribution in [0.3, 0.4) is 0 Å². The van der Waals surface area contributed by atoms with Gasteiger partial charge in [-0.2, -0.15) is 0 Å². The van der Waals surface area contributed by atoms with Gasteiger partial charge in [0, 0.05) is 15.8 Å². The van der Waals surface area contributed by atoms with E-state index in [9.17, 15) is 4.39 Å². The summed E-state index contributed by atoms with van der Waals surface area (Å²) in [5.41, 5.74) is 5.74. The van der Waals surface area contributed by atoms with Crippen LogP contribution in [0.25, 0.3) is 0 Å². The van der Waals surface area contributed by atoms with E-state index in [0.29, 0.717) is 6.42 Å². The van der Waals surface area contributed by atoms with Crippen LogP contribution in [0.4, 0.5) is 4.39 Å². The first-order chi connectivity index (χ1) is 5.77. The molecule has 0 saturated heterocycles. The maximum atomic E-state index is 11.9. The lowest BCUT2D eigenvalue weighted by Gasteiger charge is -2.04. The fraction of sp³-hybridized carbons (Fsp3) is 0.556. The van der Waals surface area contributed by atoms with Gasteiger partial charge in [0.2, 0.25) is 0 Å². The highest BCUT2D eigenvalue weighted by molar-refractivity contribution is 7.12. The van der Waals surface area contributed by atoms with Gasteiger partial charge in [0.05, 0.1) is 6.67 Å². The van der Waals surface area contributed by atoms with Crippen molar-refractivity contribution in [2.24, 2.45) is 5.73 Å². The highest BCUT2D eigenvalue weighted by Crippen LogP contribution is 2.24. The summed E-state index contributed by atoms with van der Waals surface area (Å²) in [6.07, 6.45) is 1.47. The first kappa shape index (κ1) is 12.9. The lowest BCUT2D eigenvalue weighted by atomic mass is 10.2. The molecule has 1 aromatic rings. The minimum absolute atomic E-state index is 0. The van der Waals surface area contributed by atoms with Gasteiger partial charge < -0.3 is 5.73 Å². The first-order valence-corrected chi connectivity index (χ1v) is 4.99. The monoisotopic (exact) mass is 223 g/mol. The maximum Gasteiger partial charge on any atom is 0.0912 e. The van der Waals surface area contributed by atoms with E-state index in [4.69, 9.17) is 5.73 Å². The van der Waals surface area contributed by atoms with Crippen LogP contribution in [0.1, 0.15) is 29.1 Å². The molecule has 0 spiro atoms. The van der Waals surface area contributed by atoms with E-state index in [0.717, 1.165) is 11.3 Å². The lowest BCUT2D eigenvalue weighted by molar-refractivity contribution is 0.444. The number of halogens is 2. The maximum absolute atomic E-state index is 11.9. The van der Waals surface area contributed by atoms with Crippen LogP contribution in [0.2, 0.25) is 0 Å². The summed E-state index contributed by atoms with van der Waals surface area (Å²) in [4.78, 5) is 2.42. The Bertz CT molecular complexity index is 239. The Kier molecular flexibility index (Phi) is 6.29. The average molecular weight is 224 g/mol. The SMILES string of the molecule is CCc1ccc([C@H](N)CCF)s1.Cl. The molecule has 1 rings (SSSR count). The second kappa shape index (κ2) is 6.35. The first-order valence-electron chi connectivity index (χ1n) is 4.18. The summed E-state index contributed by atoms with van der Waals surface area (Å²) >= 11 is 1.69. The predicted octanol–water partition coefficient (Wildman–Crippen LogP) is 3.09. The van der Waals surface area contributed by atoms with Crippen molar-refractivity contribution in [1.82, 2.24) is 0 Å². The zero-order chi connectivity index (χ0) is 8.97. The van der Waals surface area contributed by atoms with Crippen molar-refractivity contribution in [3.8, 4) is 0 Å². The standard InChI is InChI=1S/C9H14FNS.ClH/c1-2-7-3-4-9(12-7)8(11)5-6-10;/h3-4,8H,2,5-6,11H2,1H3;1H/t8-;/m1./s1. The van der Waals surface area contributed by atoms with Crippen LogP contribution in [0.15, 0.2) is 12.1 Å². The molecular formula is C9H15ClFNS. The van der Waals surface area contributed by atoms with Crippen LogP contribution >= 0.6 is 23.7 Å². The van der Waals surface area contributed by atoms with E-state index in [1.807, 2.05) is 6.07 Å². The van der Waals surface area contributed by atoms with Gasteiger partial charge in [-0.15, -0.1) is 23.7 Å². The Labute approximate surface area is 88.6 Å². The number of aryl methyl sites for hydroxylation is 1. The Morgan fingerprint density at radius 3 is 2.69 bits per heavy atom. The van der Waals surface area contributed by atoms with E-state index >= 15 is 0 Å². The summed E-state index contributed by atoms with van der Waals surface area (Å²) in [5.74, 6) is 0. The summed E-state index contributed by atoms with van der Waals surface area (Å²) in [7, 11) is 0.